The lowest BCUT2D eigenvalue weighted by Gasteiger charge is -2.27. The number of benzene rings is 1. The van der Waals surface area contributed by atoms with E-state index >= 15 is 0 Å². The number of carbonyl (C=O) groups is 1. The van der Waals surface area contributed by atoms with Crippen LogP contribution in [0.15, 0.2) is 28.8 Å². The Morgan fingerprint density at radius 1 is 1.23 bits per heavy atom. The molecule has 3 aromatic rings. The van der Waals surface area contributed by atoms with Gasteiger partial charge in [0.05, 0.1) is 36.9 Å². The van der Waals surface area contributed by atoms with Crippen molar-refractivity contribution >= 4 is 17.0 Å². The Labute approximate surface area is 176 Å². The highest BCUT2D eigenvalue weighted by Gasteiger charge is 2.34. The number of rotatable bonds is 5. The lowest BCUT2D eigenvalue weighted by molar-refractivity contribution is 0.0736. The molecule has 0 bridgehead atoms. The van der Waals surface area contributed by atoms with E-state index in [1.54, 1.807) is 14.2 Å². The number of likely N-dealkylation sites (tertiary alicyclic amines) is 1. The molecule has 0 aliphatic carbocycles. The van der Waals surface area contributed by atoms with Crippen LogP contribution in [-0.4, -0.2) is 41.7 Å². The summed E-state index contributed by atoms with van der Waals surface area (Å²) in [6.45, 7) is 6.62. The SMILES string of the molecule is COc1ccc(C2CCCN2C(=O)c2cc(C(C)C)nc3onc(C)c23)c(OC)c1. The Morgan fingerprint density at radius 2 is 2.03 bits per heavy atom. The Kier molecular flexibility index (Phi) is 5.37. The maximum absolute atomic E-state index is 13.8. The maximum atomic E-state index is 13.8. The van der Waals surface area contributed by atoms with Gasteiger partial charge in [0.25, 0.3) is 11.6 Å². The average Bonchev–Trinajstić information content (AvgIpc) is 3.39. The zero-order valence-corrected chi connectivity index (χ0v) is 18.1. The Balaban J connectivity index is 1.77. The summed E-state index contributed by atoms with van der Waals surface area (Å²) in [6, 6.07) is 7.58. The van der Waals surface area contributed by atoms with Gasteiger partial charge in [0.2, 0.25) is 0 Å². The van der Waals surface area contributed by atoms with Crippen LogP contribution in [0.3, 0.4) is 0 Å². The van der Waals surface area contributed by atoms with Crippen LogP contribution in [0, 0.1) is 6.92 Å². The summed E-state index contributed by atoms with van der Waals surface area (Å²) in [7, 11) is 3.27. The number of hydrogen-bond acceptors (Lipinski definition) is 6. The molecular formula is C23H27N3O4. The summed E-state index contributed by atoms with van der Waals surface area (Å²) >= 11 is 0. The summed E-state index contributed by atoms with van der Waals surface area (Å²) in [5.74, 6) is 1.59. The third-order valence-corrected chi connectivity index (χ3v) is 5.77. The van der Waals surface area contributed by atoms with Gasteiger partial charge in [0, 0.05) is 23.9 Å². The molecule has 2 aromatic heterocycles. The number of hydrogen-bond donors (Lipinski definition) is 0. The fraction of sp³-hybridized carbons (Fsp3) is 0.435. The van der Waals surface area contributed by atoms with Crippen molar-refractivity contribution in [2.45, 2.75) is 45.6 Å². The van der Waals surface area contributed by atoms with Gasteiger partial charge in [-0.15, -0.1) is 0 Å². The van der Waals surface area contributed by atoms with Crippen molar-refractivity contribution in [3.8, 4) is 11.5 Å². The first-order valence-corrected chi connectivity index (χ1v) is 10.2. The lowest BCUT2D eigenvalue weighted by Crippen LogP contribution is -2.31. The number of methoxy groups -OCH3 is 2. The minimum atomic E-state index is -0.0655. The maximum Gasteiger partial charge on any atom is 0.259 e. The second-order valence-corrected chi connectivity index (χ2v) is 7.96. The van der Waals surface area contributed by atoms with Gasteiger partial charge in [-0.1, -0.05) is 19.0 Å². The Morgan fingerprint density at radius 3 is 2.73 bits per heavy atom. The van der Waals surface area contributed by atoms with Crippen LogP contribution in [0.5, 0.6) is 11.5 Å². The molecule has 1 aliphatic rings. The standard InChI is InChI=1S/C23H27N3O4/c1-13(2)18-12-17(21-14(3)25-30-22(21)24-18)23(27)26-10-6-7-19(26)16-9-8-15(28-4)11-20(16)29-5/h8-9,11-13,19H,6-7,10H2,1-5H3. The highest BCUT2D eigenvalue weighted by molar-refractivity contribution is 6.06. The van der Waals surface area contributed by atoms with Crippen LogP contribution < -0.4 is 9.47 Å². The number of pyridine rings is 1. The van der Waals surface area contributed by atoms with Crippen LogP contribution in [-0.2, 0) is 0 Å². The highest BCUT2D eigenvalue weighted by Crippen LogP contribution is 2.40. The molecule has 0 radical (unpaired) electrons. The lowest BCUT2D eigenvalue weighted by atomic mass is 10.0. The molecule has 0 saturated carbocycles. The van der Waals surface area contributed by atoms with Crippen molar-refractivity contribution in [3.05, 3.63) is 46.8 Å². The van der Waals surface area contributed by atoms with Crippen LogP contribution in [0.4, 0.5) is 0 Å². The van der Waals surface area contributed by atoms with Crippen LogP contribution in [0.1, 0.15) is 66.0 Å². The minimum absolute atomic E-state index is 0.0315. The molecular weight excluding hydrogens is 382 g/mol. The first-order valence-electron chi connectivity index (χ1n) is 10.2. The normalized spacial score (nSPS) is 16.5. The molecule has 3 heterocycles. The molecule has 1 aliphatic heterocycles. The number of amides is 1. The average molecular weight is 409 g/mol. The molecule has 158 valence electrons. The van der Waals surface area contributed by atoms with Gasteiger partial charge in [0.1, 0.15) is 11.5 Å². The smallest absolute Gasteiger partial charge is 0.259 e. The number of carbonyl (C=O) groups excluding carboxylic acids is 1. The third kappa shape index (κ3) is 3.38. The van der Waals surface area contributed by atoms with Gasteiger partial charge in [-0.05, 0) is 43.9 Å². The van der Waals surface area contributed by atoms with Crippen molar-refractivity contribution in [2.75, 3.05) is 20.8 Å². The van der Waals surface area contributed by atoms with E-state index in [1.807, 2.05) is 49.9 Å². The predicted molar refractivity (Wildman–Crippen MR) is 113 cm³/mol. The highest BCUT2D eigenvalue weighted by atomic mass is 16.5. The van der Waals surface area contributed by atoms with E-state index < -0.39 is 0 Å². The van der Waals surface area contributed by atoms with Crippen LogP contribution >= 0.6 is 0 Å². The first-order chi connectivity index (χ1) is 14.4. The van der Waals surface area contributed by atoms with Crippen molar-refractivity contribution < 1.29 is 18.8 Å². The number of aryl methyl sites for hydroxylation is 1. The molecule has 0 spiro atoms. The van der Waals surface area contributed by atoms with Gasteiger partial charge in [0.15, 0.2) is 0 Å². The largest absolute Gasteiger partial charge is 0.497 e. The molecule has 1 unspecified atom stereocenters. The van der Waals surface area contributed by atoms with Crippen molar-refractivity contribution in [1.82, 2.24) is 15.0 Å². The molecule has 7 nitrogen and oxygen atoms in total. The van der Waals surface area contributed by atoms with E-state index in [4.69, 9.17) is 14.0 Å². The summed E-state index contributed by atoms with van der Waals surface area (Å²) < 4.78 is 16.3. The van der Waals surface area contributed by atoms with Gasteiger partial charge in [-0.3, -0.25) is 4.79 Å². The van der Waals surface area contributed by atoms with E-state index in [2.05, 4.69) is 10.1 Å². The molecule has 1 saturated heterocycles. The van der Waals surface area contributed by atoms with Crippen LogP contribution in [0.2, 0.25) is 0 Å². The molecule has 7 heteroatoms. The second kappa shape index (κ2) is 7.97. The van der Waals surface area contributed by atoms with E-state index in [0.717, 1.165) is 35.6 Å². The molecule has 1 atom stereocenters. The van der Waals surface area contributed by atoms with Gasteiger partial charge < -0.3 is 18.9 Å². The summed E-state index contributed by atoms with van der Waals surface area (Å²) in [5.41, 5.74) is 3.50. The van der Waals surface area contributed by atoms with E-state index in [1.165, 1.54) is 0 Å². The summed E-state index contributed by atoms with van der Waals surface area (Å²) in [5, 5.41) is 4.74. The molecule has 30 heavy (non-hydrogen) atoms. The van der Waals surface area contributed by atoms with E-state index in [9.17, 15) is 4.79 Å². The zero-order valence-electron chi connectivity index (χ0n) is 18.1. The summed E-state index contributed by atoms with van der Waals surface area (Å²) in [6.07, 6.45) is 1.81. The number of nitrogens with zero attached hydrogens (tertiary/aromatic N) is 3. The van der Waals surface area contributed by atoms with Crippen LogP contribution in [0.25, 0.3) is 11.1 Å². The fourth-order valence-electron chi connectivity index (χ4n) is 4.16. The molecule has 4 rings (SSSR count). The predicted octanol–water partition coefficient (Wildman–Crippen LogP) is 4.65. The zero-order chi connectivity index (χ0) is 21.4. The summed E-state index contributed by atoms with van der Waals surface area (Å²) in [4.78, 5) is 20.2. The van der Waals surface area contributed by atoms with Crippen molar-refractivity contribution in [1.29, 1.82) is 0 Å². The van der Waals surface area contributed by atoms with E-state index in [-0.39, 0.29) is 17.9 Å². The molecule has 1 aromatic carbocycles. The Bertz CT molecular complexity index is 1090. The van der Waals surface area contributed by atoms with Gasteiger partial charge in [-0.25, -0.2) is 4.98 Å². The van der Waals surface area contributed by atoms with Gasteiger partial charge in [-0.2, -0.15) is 0 Å². The third-order valence-electron chi connectivity index (χ3n) is 5.77. The molecule has 0 N–H and O–H groups in total. The number of aromatic nitrogens is 2. The quantitative estimate of drug-likeness (QED) is 0.610. The van der Waals surface area contributed by atoms with Crippen molar-refractivity contribution in [3.63, 3.8) is 0 Å². The second-order valence-electron chi connectivity index (χ2n) is 7.96. The number of ether oxygens (including phenoxy) is 2. The fourth-order valence-corrected chi connectivity index (χ4v) is 4.16. The van der Waals surface area contributed by atoms with Crippen molar-refractivity contribution in [2.24, 2.45) is 0 Å². The topological polar surface area (TPSA) is 77.7 Å². The Hall–Kier alpha value is -3.09. The molecule has 1 amide bonds. The monoisotopic (exact) mass is 409 g/mol. The number of fused-ring (bicyclic) bond motifs is 1. The minimum Gasteiger partial charge on any atom is -0.497 e. The van der Waals surface area contributed by atoms with E-state index in [0.29, 0.717) is 28.9 Å². The van der Waals surface area contributed by atoms with Gasteiger partial charge >= 0.3 is 0 Å². The molecule has 1 fully saturated rings. The first kappa shape index (κ1) is 20.2.